The minimum absolute atomic E-state index is 0.0311. The molecule has 0 spiro atoms. The van der Waals surface area contributed by atoms with Crippen LogP contribution in [0.15, 0.2) is 80.2 Å². The van der Waals surface area contributed by atoms with Crippen molar-refractivity contribution in [3.8, 4) is 11.3 Å². The van der Waals surface area contributed by atoms with Crippen LogP contribution in [0.3, 0.4) is 0 Å². The second kappa shape index (κ2) is 7.24. The van der Waals surface area contributed by atoms with Crippen LogP contribution in [0.4, 0.5) is 5.69 Å². The molecule has 0 saturated carbocycles. The molecule has 0 fully saturated rings. The number of cyclic esters (lactones) is 1. The Morgan fingerprint density at radius 1 is 1.04 bits per heavy atom. The van der Waals surface area contributed by atoms with E-state index in [1.54, 1.807) is 36.4 Å². The first-order valence-corrected chi connectivity index (χ1v) is 8.92. The van der Waals surface area contributed by atoms with E-state index in [-0.39, 0.29) is 17.3 Å². The molecule has 0 N–H and O–H groups in total. The highest BCUT2D eigenvalue weighted by molar-refractivity contribution is 9.10. The molecule has 1 aliphatic rings. The van der Waals surface area contributed by atoms with Crippen LogP contribution in [0.25, 0.3) is 17.4 Å². The number of nitrogens with zero attached hydrogens (tertiary/aromatic N) is 2. The molecular weight excluding hydrogens is 428 g/mol. The molecule has 3 aromatic rings. The van der Waals surface area contributed by atoms with Crippen molar-refractivity contribution in [1.29, 1.82) is 0 Å². The number of non-ortho nitro benzene ring substituents is 1. The number of ether oxygens (including phenoxy) is 1. The van der Waals surface area contributed by atoms with Crippen molar-refractivity contribution in [1.82, 2.24) is 0 Å². The summed E-state index contributed by atoms with van der Waals surface area (Å²) in [5.41, 5.74) is 1.31. The second-order valence-corrected chi connectivity index (χ2v) is 6.77. The monoisotopic (exact) mass is 438 g/mol. The fourth-order valence-electron chi connectivity index (χ4n) is 2.65. The van der Waals surface area contributed by atoms with Crippen LogP contribution in [0, 0.1) is 10.1 Å². The van der Waals surface area contributed by atoms with Crippen molar-refractivity contribution in [2.24, 2.45) is 4.99 Å². The van der Waals surface area contributed by atoms with Crippen molar-refractivity contribution >= 4 is 39.6 Å². The van der Waals surface area contributed by atoms with E-state index in [2.05, 4.69) is 20.9 Å². The molecule has 4 rings (SSSR count). The quantitative estimate of drug-likeness (QED) is 0.248. The van der Waals surface area contributed by atoms with Gasteiger partial charge < -0.3 is 9.15 Å². The third-order valence-electron chi connectivity index (χ3n) is 3.94. The smallest absolute Gasteiger partial charge is 0.363 e. The zero-order valence-electron chi connectivity index (χ0n) is 14.2. The largest absolute Gasteiger partial charge is 0.457 e. The molecule has 2 aromatic carbocycles. The summed E-state index contributed by atoms with van der Waals surface area (Å²) in [6, 6.07) is 16.7. The van der Waals surface area contributed by atoms with Gasteiger partial charge in [0.15, 0.2) is 5.70 Å². The zero-order valence-corrected chi connectivity index (χ0v) is 15.8. The van der Waals surface area contributed by atoms with E-state index in [9.17, 15) is 14.9 Å². The van der Waals surface area contributed by atoms with E-state index in [1.807, 2.05) is 12.1 Å². The van der Waals surface area contributed by atoms with Crippen LogP contribution in [-0.4, -0.2) is 16.8 Å². The number of furan rings is 1. The van der Waals surface area contributed by atoms with Gasteiger partial charge >= 0.3 is 5.97 Å². The lowest BCUT2D eigenvalue weighted by atomic mass is 10.1. The van der Waals surface area contributed by atoms with E-state index in [0.29, 0.717) is 22.6 Å². The number of rotatable bonds is 4. The Balaban J connectivity index is 1.62. The molecule has 0 bridgehead atoms. The van der Waals surface area contributed by atoms with Gasteiger partial charge in [-0.3, -0.25) is 10.1 Å². The molecule has 0 amide bonds. The number of esters is 1. The normalized spacial score (nSPS) is 14.8. The van der Waals surface area contributed by atoms with Crippen LogP contribution < -0.4 is 0 Å². The SMILES string of the molecule is O=C1OC(c2cccc(Br)c2)=N/C1=C/c1ccc(-c2cccc([N+](=O)[O-])c2)o1. The van der Waals surface area contributed by atoms with E-state index >= 15 is 0 Å². The van der Waals surface area contributed by atoms with Gasteiger partial charge in [0.25, 0.3) is 5.69 Å². The minimum atomic E-state index is -0.580. The number of carbonyl (C=O) groups excluding carboxylic acids is 1. The fourth-order valence-corrected chi connectivity index (χ4v) is 3.05. The third kappa shape index (κ3) is 3.63. The van der Waals surface area contributed by atoms with Gasteiger partial charge in [0, 0.05) is 33.8 Å². The molecule has 0 atom stereocenters. The highest BCUT2D eigenvalue weighted by Gasteiger charge is 2.24. The number of nitro groups is 1. The molecule has 1 aromatic heterocycles. The summed E-state index contributed by atoms with van der Waals surface area (Å²) >= 11 is 3.36. The van der Waals surface area contributed by atoms with Gasteiger partial charge in [-0.1, -0.05) is 34.1 Å². The molecule has 2 heterocycles. The average Bonchev–Trinajstić information content (AvgIpc) is 3.29. The first kappa shape index (κ1) is 17.9. The molecule has 0 radical (unpaired) electrons. The molecule has 0 saturated heterocycles. The van der Waals surface area contributed by atoms with Crippen molar-refractivity contribution in [3.05, 3.63) is 92.3 Å². The van der Waals surface area contributed by atoms with Crippen LogP contribution in [-0.2, 0) is 9.53 Å². The van der Waals surface area contributed by atoms with Gasteiger partial charge in [-0.05, 0) is 30.3 Å². The summed E-state index contributed by atoms with van der Waals surface area (Å²) in [5.74, 6) is 0.456. The second-order valence-electron chi connectivity index (χ2n) is 5.86. The summed E-state index contributed by atoms with van der Waals surface area (Å²) in [7, 11) is 0. The number of halogens is 1. The fraction of sp³-hybridized carbons (Fsp3) is 0. The standard InChI is InChI=1S/C20H11BrN2O5/c21-14-5-1-4-13(9-14)19-22-17(20(24)28-19)11-16-7-8-18(27-16)12-3-2-6-15(10-12)23(25)26/h1-11H/b17-11+. The van der Waals surface area contributed by atoms with E-state index in [1.165, 1.54) is 18.2 Å². The zero-order chi connectivity index (χ0) is 19.7. The molecule has 7 nitrogen and oxygen atoms in total. The summed E-state index contributed by atoms with van der Waals surface area (Å²) in [5, 5.41) is 10.9. The summed E-state index contributed by atoms with van der Waals surface area (Å²) in [6.07, 6.45) is 1.47. The molecular formula is C20H11BrN2O5. The number of carbonyl (C=O) groups is 1. The lowest BCUT2D eigenvalue weighted by molar-refractivity contribution is -0.384. The minimum Gasteiger partial charge on any atom is -0.457 e. The van der Waals surface area contributed by atoms with E-state index in [0.717, 1.165) is 4.47 Å². The molecule has 138 valence electrons. The summed E-state index contributed by atoms with van der Waals surface area (Å²) in [6.45, 7) is 0. The Bertz CT molecular complexity index is 1160. The molecule has 8 heteroatoms. The van der Waals surface area contributed by atoms with Gasteiger partial charge in [-0.2, -0.15) is 0 Å². The Morgan fingerprint density at radius 3 is 2.61 bits per heavy atom. The predicted octanol–water partition coefficient (Wildman–Crippen LogP) is 4.96. The maximum atomic E-state index is 12.1. The van der Waals surface area contributed by atoms with Gasteiger partial charge in [-0.25, -0.2) is 9.79 Å². The topological polar surface area (TPSA) is 94.9 Å². The predicted molar refractivity (Wildman–Crippen MR) is 106 cm³/mol. The van der Waals surface area contributed by atoms with Gasteiger partial charge in [0.05, 0.1) is 4.92 Å². The molecule has 1 aliphatic heterocycles. The van der Waals surface area contributed by atoms with Crippen molar-refractivity contribution in [3.63, 3.8) is 0 Å². The lowest BCUT2D eigenvalue weighted by Crippen LogP contribution is -2.05. The number of aliphatic imine (C=N–C) groups is 1. The Kier molecular flexibility index (Phi) is 4.62. The van der Waals surface area contributed by atoms with Gasteiger partial charge in [0.2, 0.25) is 5.90 Å². The van der Waals surface area contributed by atoms with Crippen molar-refractivity contribution in [2.45, 2.75) is 0 Å². The maximum absolute atomic E-state index is 12.1. The van der Waals surface area contributed by atoms with Gasteiger partial charge in [-0.15, -0.1) is 0 Å². The Morgan fingerprint density at radius 2 is 1.82 bits per heavy atom. The molecule has 0 unspecified atom stereocenters. The maximum Gasteiger partial charge on any atom is 0.363 e. The van der Waals surface area contributed by atoms with Gasteiger partial charge in [0.1, 0.15) is 11.5 Å². The number of nitro benzene ring substituents is 1. The number of hydrogen-bond acceptors (Lipinski definition) is 6. The highest BCUT2D eigenvalue weighted by Crippen LogP contribution is 2.27. The van der Waals surface area contributed by atoms with E-state index in [4.69, 9.17) is 9.15 Å². The van der Waals surface area contributed by atoms with Crippen LogP contribution >= 0.6 is 15.9 Å². The van der Waals surface area contributed by atoms with Crippen LogP contribution in [0.1, 0.15) is 11.3 Å². The third-order valence-corrected chi connectivity index (χ3v) is 4.43. The summed E-state index contributed by atoms with van der Waals surface area (Å²) < 4.78 is 11.8. The van der Waals surface area contributed by atoms with Crippen molar-refractivity contribution in [2.75, 3.05) is 0 Å². The Hall–Kier alpha value is -3.52. The number of hydrogen-bond donors (Lipinski definition) is 0. The number of benzene rings is 2. The van der Waals surface area contributed by atoms with Crippen molar-refractivity contribution < 1.29 is 18.9 Å². The highest BCUT2D eigenvalue weighted by atomic mass is 79.9. The van der Waals surface area contributed by atoms with E-state index < -0.39 is 10.9 Å². The molecule has 28 heavy (non-hydrogen) atoms. The summed E-state index contributed by atoms with van der Waals surface area (Å²) in [4.78, 5) is 26.8. The first-order valence-electron chi connectivity index (χ1n) is 8.13. The lowest BCUT2D eigenvalue weighted by Gasteiger charge is -1.99. The van der Waals surface area contributed by atoms with Crippen LogP contribution in [0.5, 0.6) is 0 Å². The molecule has 0 aliphatic carbocycles. The first-order chi connectivity index (χ1) is 13.5. The Labute approximate surface area is 167 Å². The van der Waals surface area contributed by atoms with Crippen LogP contribution in [0.2, 0.25) is 0 Å². The average molecular weight is 439 g/mol.